The molecule has 47 heavy (non-hydrogen) atoms. The second kappa shape index (κ2) is 13.9. The van der Waals surface area contributed by atoms with Gasteiger partial charge in [0.25, 0.3) is 5.78 Å². The summed E-state index contributed by atoms with van der Waals surface area (Å²) in [6, 6.07) is 25.5. The zero-order chi connectivity index (χ0) is 33.1. The van der Waals surface area contributed by atoms with E-state index in [1.807, 2.05) is 49.4 Å². The van der Waals surface area contributed by atoms with Crippen LogP contribution in [-0.2, 0) is 21.9 Å². The van der Waals surface area contributed by atoms with Gasteiger partial charge in [-0.2, -0.15) is 0 Å². The quantitative estimate of drug-likeness (QED) is 0.0500. The zero-order valence-electron chi connectivity index (χ0n) is 25.2. The number of phenols is 1. The molecule has 0 spiro atoms. The van der Waals surface area contributed by atoms with Crippen molar-refractivity contribution in [2.24, 2.45) is 0 Å². The molecule has 2 heterocycles. The van der Waals surface area contributed by atoms with Crippen LogP contribution in [0.1, 0.15) is 33.9 Å². The average molecular weight is 686 g/mol. The highest BCUT2D eigenvalue weighted by Gasteiger charge is 2.48. The van der Waals surface area contributed by atoms with Gasteiger partial charge < -0.3 is 19.7 Å². The monoisotopic (exact) mass is 685 g/mol. The molecule has 1 unspecified atom stereocenters. The molecule has 1 saturated heterocycles. The first-order chi connectivity index (χ1) is 22.7. The van der Waals surface area contributed by atoms with Gasteiger partial charge in [-0.3, -0.25) is 14.5 Å². The number of carbonyl (C=O) groups is 2. The first-order valence-corrected chi connectivity index (χ1v) is 16.6. The van der Waals surface area contributed by atoms with Crippen molar-refractivity contribution in [3.8, 4) is 17.2 Å². The zero-order valence-corrected chi connectivity index (χ0v) is 27.6. The molecule has 0 saturated carbocycles. The Morgan fingerprint density at radius 2 is 1.79 bits per heavy atom. The minimum atomic E-state index is -1.09. The summed E-state index contributed by atoms with van der Waals surface area (Å²) in [7, 11) is 1.39. The lowest BCUT2D eigenvalue weighted by molar-refractivity contribution is -0.132. The summed E-state index contributed by atoms with van der Waals surface area (Å²) in [6.07, 6.45) is 0. The van der Waals surface area contributed by atoms with E-state index in [2.05, 4.69) is 10.2 Å². The second-order valence-corrected chi connectivity index (χ2v) is 13.2. The fourth-order valence-corrected chi connectivity index (χ4v) is 7.31. The van der Waals surface area contributed by atoms with Crippen LogP contribution in [0, 0.1) is 6.92 Å². The second-order valence-electron chi connectivity index (χ2n) is 10.6. The third-order valence-electron chi connectivity index (χ3n) is 7.49. The molecule has 0 bridgehead atoms. The van der Waals surface area contributed by atoms with Gasteiger partial charge in [-0.1, -0.05) is 88.8 Å². The predicted molar refractivity (Wildman–Crippen MR) is 182 cm³/mol. The summed E-state index contributed by atoms with van der Waals surface area (Å²) in [5, 5.41) is 31.1. The molecule has 12 heteroatoms. The Kier molecular flexibility index (Phi) is 9.48. The van der Waals surface area contributed by atoms with Gasteiger partial charge in [-0.05, 0) is 66.1 Å². The maximum absolute atomic E-state index is 13.6. The smallest absolute Gasteiger partial charge is 0.301 e. The number of thioether (sulfide) groups is 1. The van der Waals surface area contributed by atoms with Crippen LogP contribution < -0.4 is 14.4 Å². The van der Waals surface area contributed by atoms with Gasteiger partial charge in [0.15, 0.2) is 15.8 Å². The number of hydrogen-bond acceptors (Lipinski definition) is 10. The molecule has 1 aliphatic heterocycles. The Balaban J connectivity index is 1.33. The fourth-order valence-electron chi connectivity index (χ4n) is 5.16. The number of benzene rings is 4. The number of hydrogen-bond donors (Lipinski definition) is 2. The topological polar surface area (TPSA) is 122 Å². The lowest BCUT2D eigenvalue weighted by atomic mass is 9.95. The molecule has 238 valence electrons. The molecule has 6 rings (SSSR count). The number of Topliss-reactive ketones (excluding diaryl/α,β-unsaturated/α-hetero) is 1. The molecular formula is C35H28ClN3O6S2. The number of aromatic nitrogens is 2. The van der Waals surface area contributed by atoms with Crippen LogP contribution in [0.3, 0.4) is 0 Å². The van der Waals surface area contributed by atoms with E-state index >= 15 is 0 Å². The SMILES string of the molecule is COc1cc(C2C(=C(O)c3ccc(OCc4cccc(C)c4)cc3)C(=O)C(=O)N2c2nnc(SCc3ccccc3Cl)s2)ccc1O. The molecule has 0 radical (unpaired) electrons. The number of aliphatic hydroxyl groups is 1. The van der Waals surface area contributed by atoms with E-state index in [1.54, 1.807) is 36.4 Å². The summed E-state index contributed by atoms with van der Waals surface area (Å²) >= 11 is 8.84. The highest BCUT2D eigenvalue weighted by Crippen LogP contribution is 2.45. The van der Waals surface area contributed by atoms with Crippen molar-refractivity contribution in [3.63, 3.8) is 0 Å². The molecule has 5 aromatic rings. The molecule has 2 N–H and O–H groups in total. The van der Waals surface area contributed by atoms with E-state index in [1.165, 1.54) is 35.9 Å². The number of ether oxygens (including phenoxy) is 2. The van der Waals surface area contributed by atoms with Crippen LogP contribution in [0.15, 0.2) is 101 Å². The Morgan fingerprint density at radius 1 is 1.00 bits per heavy atom. The van der Waals surface area contributed by atoms with Crippen LogP contribution in [0.4, 0.5) is 5.13 Å². The number of halogens is 1. The van der Waals surface area contributed by atoms with Crippen molar-refractivity contribution < 1.29 is 29.3 Å². The third kappa shape index (κ3) is 6.83. The molecule has 1 aliphatic rings. The average Bonchev–Trinajstić information content (AvgIpc) is 3.65. The Labute approximate surface area is 284 Å². The van der Waals surface area contributed by atoms with Gasteiger partial charge in [0, 0.05) is 16.3 Å². The van der Waals surface area contributed by atoms with Crippen molar-refractivity contribution in [2.75, 3.05) is 12.0 Å². The van der Waals surface area contributed by atoms with Crippen LogP contribution in [0.25, 0.3) is 5.76 Å². The highest BCUT2D eigenvalue weighted by atomic mass is 35.5. The molecule has 4 aromatic carbocycles. The van der Waals surface area contributed by atoms with E-state index in [0.717, 1.165) is 28.0 Å². The minimum Gasteiger partial charge on any atom is -0.507 e. The van der Waals surface area contributed by atoms with Crippen molar-refractivity contribution in [1.29, 1.82) is 0 Å². The van der Waals surface area contributed by atoms with Gasteiger partial charge in [0.05, 0.1) is 18.7 Å². The van der Waals surface area contributed by atoms with E-state index in [0.29, 0.717) is 38.6 Å². The number of aliphatic hydroxyl groups excluding tert-OH is 1. The summed E-state index contributed by atoms with van der Waals surface area (Å²) in [6.45, 7) is 2.37. The van der Waals surface area contributed by atoms with Crippen LogP contribution in [-0.4, -0.2) is 39.2 Å². The van der Waals surface area contributed by atoms with Gasteiger partial charge in [0.1, 0.15) is 18.1 Å². The lowest BCUT2D eigenvalue weighted by Gasteiger charge is -2.23. The number of methoxy groups -OCH3 is 1. The number of aryl methyl sites for hydroxylation is 1. The van der Waals surface area contributed by atoms with Gasteiger partial charge in [-0.15, -0.1) is 10.2 Å². The number of phenolic OH excluding ortho intramolecular Hbond substituents is 1. The van der Waals surface area contributed by atoms with Crippen molar-refractivity contribution in [2.45, 2.75) is 29.7 Å². The van der Waals surface area contributed by atoms with Crippen molar-refractivity contribution in [1.82, 2.24) is 10.2 Å². The maximum Gasteiger partial charge on any atom is 0.301 e. The number of aromatic hydroxyl groups is 1. The number of rotatable bonds is 10. The van der Waals surface area contributed by atoms with Crippen molar-refractivity contribution in [3.05, 3.63) is 129 Å². The van der Waals surface area contributed by atoms with Gasteiger partial charge in [0.2, 0.25) is 5.13 Å². The van der Waals surface area contributed by atoms with Gasteiger partial charge in [-0.25, -0.2) is 0 Å². The maximum atomic E-state index is 13.6. The van der Waals surface area contributed by atoms with Gasteiger partial charge >= 0.3 is 5.91 Å². The molecule has 1 aromatic heterocycles. The number of anilines is 1. The number of ketones is 1. The minimum absolute atomic E-state index is 0.122. The first kappa shape index (κ1) is 32.1. The number of carbonyl (C=O) groups excluding carboxylic acids is 2. The van der Waals surface area contributed by atoms with Crippen LogP contribution in [0.2, 0.25) is 5.02 Å². The van der Waals surface area contributed by atoms with Crippen LogP contribution >= 0.6 is 34.7 Å². The molecular weight excluding hydrogens is 658 g/mol. The molecule has 1 fully saturated rings. The summed E-state index contributed by atoms with van der Waals surface area (Å²) < 4.78 is 11.8. The normalized spacial score (nSPS) is 15.6. The molecule has 0 aliphatic carbocycles. The summed E-state index contributed by atoms with van der Waals surface area (Å²) in [4.78, 5) is 28.5. The summed E-state index contributed by atoms with van der Waals surface area (Å²) in [5.41, 5.74) is 3.65. The number of nitrogens with zero attached hydrogens (tertiary/aromatic N) is 3. The van der Waals surface area contributed by atoms with E-state index in [4.69, 9.17) is 21.1 Å². The highest BCUT2D eigenvalue weighted by molar-refractivity contribution is 8.00. The number of amides is 1. The lowest BCUT2D eigenvalue weighted by Crippen LogP contribution is -2.29. The summed E-state index contributed by atoms with van der Waals surface area (Å²) in [5.74, 6) is -1.03. The Morgan fingerprint density at radius 3 is 2.53 bits per heavy atom. The first-order valence-electron chi connectivity index (χ1n) is 14.4. The standard InChI is InChI=1S/C35H28ClN3O6S2/c1-20-6-5-7-21(16-20)18-45-25-13-10-22(11-14-25)31(41)29-30(23-12-15-27(40)28(17-23)44-2)39(33(43)32(29)42)34-37-38-35(47-34)46-19-24-8-3-4-9-26(24)36/h3-17,30,40-41H,18-19H2,1-2H3. The molecule has 1 atom stereocenters. The van der Waals surface area contributed by atoms with Crippen molar-refractivity contribution >= 4 is 57.3 Å². The molecule has 1 amide bonds. The van der Waals surface area contributed by atoms with E-state index < -0.39 is 17.7 Å². The van der Waals surface area contributed by atoms with Crippen LogP contribution in [0.5, 0.6) is 17.2 Å². The third-order valence-corrected chi connectivity index (χ3v) is 9.96. The van der Waals surface area contributed by atoms with E-state index in [-0.39, 0.29) is 28.0 Å². The van der Waals surface area contributed by atoms with E-state index in [9.17, 15) is 19.8 Å². The Bertz CT molecular complexity index is 2000. The molecule has 9 nitrogen and oxygen atoms in total. The largest absolute Gasteiger partial charge is 0.507 e. The Hall–Kier alpha value is -4.84. The predicted octanol–water partition coefficient (Wildman–Crippen LogP) is 7.71. The fraction of sp³-hybridized carbons (Fsp3) is 0.143.